The Bertz CT molecular complexity index is 804. The van der Waals surface area contributed by atoms with Gasteiger partial charge in [-0.15, -0.1) is 0 Å². The highest BCUT2D eigenvalue weighted by Crippen LogP contribution is 2.34. The maximum absolute atomic E-state index is 12.5. The lowest BCUT2D eigenvalue weighted by atomic mass is 9.92. The number of hydrogen-bond donors (Lipinski definition) is 0. The molecule has 144 valence electrons. The minimum absolute atomic E-state index is 0.245. The highest BCUT2D eigenvalue weighted by Gasteiger charge is 2.27. The topological polar surface area (TPSA) is 74.7 Å². The van der Waals surface area contributed by atoms with E-state index in [1.807, 2.05) is 24.3 Å². The largest absolute Gasteiger partial charge is 0.494 e. The van der Waals surface area contributed by atoms with Gasteiger partial charge in [-0.25, -0.2) is 9.59 Å². The summed E-state index contributed by atoms with van der Waals surface area (Å²) < 4.78 is 15.6. The number of nitrogens with zero attached hydrogens (tertiary/aromatic N) is 1. The number of aryl methyl sites for hydroxylation is 2. The van der Waals surface area contributed by atoms with Crippen LogP contribution in [0.1, 0.15) is 51.9 Å². The van der Waals surface area contributed by atoms with Crippen molar-refractivity contribution in [2.24, 2.45) is 0 Å². The fraction of sp³-hybridized carbons (Fsp3) is 0.381. The third-order valence-corrected chi connectivity index (χ3v) is 4.23. The zero-order chi connectivity index (χ0) is 20.0. The van der Waals surface area contributed by atoms with Gasteiger partial charge in [-0.2, -0.15) is 0 Å². The van der Waals surface area contributed by atoms with Gasteiger partial charge in [0.25, 0.3) is 0 Å². The zero-order valence-electron chi connectivity index (χ0n) is 16.4. The maximum atomic E-state index is 12.5. The van der Waals surface area contributed by atoms with Crippen LogP contribution in [0.4, 0.5) is 0 Å². The van der Waals surface area contributed by atoms with Gasteiger partial charge in [0.05, 0.1) is 43.3 Å². The summed E-state index contributed by atoms with van der Waals surface area (Å²) >= 11 is 0. The van der Waals surface area contributed by atoms with Crippen LogP contribution in [0.5, 0.6) is 5.75 Å². The first-order valence-corrected chi connectivity index (χ1v) is 8.85. The van der Waals surface area contributed by atoms with Crippen LogP contribution in [0.2, 0.25) is 0 Å². The third-order valence-electron chi connectivity index (χ3n) is 4.23. The molecule has 1 heterocycles. The van der Waals surface area contributed by atoms with E-state index in [4.69, 9.17) is 14.2 Å². The van der Waals surface area contributed by atoms with Crippen molar-refractivity contribution < 1.29 is 23.8 Å². The summed E-state index contributed by atoms with van der Waals surface area (Å²) in [5, 5.41) is 0. The second-order valence-electron chi connectivity index (χ2n) is 6.12. The third kappa shape index (κ3) is 4.45. The number of rotatable bonds is 7. The van der Waals surface area contributed by atoms with E-state index in [1.165, 1.54) is 14.2 Å². The lowest BCUT2D eigenvalue weighted by Gasteiger charge is -2.17. The fourth-order valence-electron chi connectivity index (χ4n) is 2.92. The molecular weight excluding hydrogens is 346 g/mol. The number of aromatic nitrogens is 1. The van der Waals surface area contributed by atoms with Crippen LogP contribution in [0.25, 0.3) is 11.1 Å². The average Bonchev–Trinajstić information content (AvgIpc) is 2.66. The van der Waals surface area contributed by atoms with E-state index in [0.717, 1.165) is 12.8 Å². The van der Waals surface area contributed by atoms with Crippen LogP contribution >= 0.6 is 0 Å². The van der Waals surface area contributed by atoms with Gasteiger partial charge in [0.1, 0.15) is 5.75 Å². The van der Waals surface area contributed by atoms with Gasteiger partial charge in [0, 0.05) is 5.56 Å². The summed E-state index contributed by atoms with van der Waals surface area (Å²) in [5.41, 5.74) is 2.57. The second kappa shape index (κ2) is 9.16. The highest BCUT2D eigenvalue weighted by molar-refractivity contribution is 6.07. The van der Waals surface area contributed by atoms with Crippen LogP contribution in [-0.4, -0.2) is 37.7 Å². The fourth-order valence-corrected chi connectivity index (χ4v) is 2.92. The summed E-state index contributed by atoms with van der Waals surface area (Å²) in [7, 11) is 2.60. The second-order valence-corrected chi connectivity index (χ2v) is 6.12. The smallest absolute Gasteiger partial charge is 0.340 e. The number of esters is 2. The molecule has 6 nitrogen and oxygen atoms in total. The van der Waals surface area contributed by atoms with Gasteiger partial charge in [0.2, 0.25) is 0 Å². The van der Waals surface area contributed by atoms with Gasteiger partial charge in [-0.1, -0.05) is 25.5 Å². The van der Waals surface area contributed by atoms with Crippen LogP contribution in [0, 0.1) is 13.8 Å². The zero-order valence-corrected chi connectivity index (χ0v) is 16.4. The molecule has 0 aliphatic heterocycles. The van der Waals surface area contributed by atoms with Crippen molar-refractivity contribution in [1.29, 1.82) is 0 Å². The van der Waals surface area contributed by atoms with Gasteiger partial charge < -0.3 is 14.2 Å². The number of pyridine rings is 1. The van der Waals surface area contributed by atoms with Crippen molar-refractivity contribution in [3.8, 4) is 16.9 Å². The average molecular weight is 371 g/mol. The monoisotopic (exact) mass is 371 g/mol. The van der Waals surface area contributed by atoms with Crippen molar-refractivity contribution in [1.82, 2.24) is 4.98 Å². The van der Waals surface area contributed by atoms with Crippen LogP contribution in [0.3, 0.4) is 0 Å². The summed E-state index contributed by atoms with van der Waals surface area (Å²) in [5.74, 6) is -0.449. The first-order valence-electron chi connectivity index (χ1n) is 8.85. The molecule has 0 atom stereocenters. The SMILES string of the molecule is CCCCOc1cccc(-c2c(C(=O)OC)c(C)nc(C)c2C(=O)OC)c1. The van der Waals surface area contributed by atoms with Gasteiger partial charge in [-0.3, -0.25) is 4.98 Å². The van der Waals surface area contributed by atoms with Gasteiger partial charge in [0.15, 0.2) is 0 Å². The summed E-state index contributed by atoms with van der Waals surface area (Å²) in [6.45, 7) is 6.12. The Morgan fingerprint density at radius 3 is 2.11 bits per heavy atom. The Morgan fingerprint density at radius 1 is 1.00 bits per heavy atom. The Morgan fingerprint density at radius 2 is 1.59 bits per heavy atom. The number of benzene rings is 1. The standard InChI is InChI=1S/C21H25NO5/c1-6-7-11-27-16-10-8-9-15(12-16)19-17(20(23)25-4)13(2)22-14(3)18(19)21(24)26-5/h8-10,12H,6-7,11H2,1-5H3. The van der Waals surface area contributed by atoms with Crippen molar-refractivity contribution in [2.75, 3.05) is 20.8 Å². The Labute approximate surface area is 159 Å². The molecule has 0 bridgehead atoms. The van der Waals surface area contributed by atoms with E-state index in [1.54, 1.807) is 13.8 Å². The Kier molecular flexibility index (Phi) is 6.93. The van der Waals surface area contributed by atoms with Gasteiger partial charge >= 0.3 is 11.9 Å². The molecule has 0 amide bonds. The minimum Gasteiger partial charge on any atom is -0.494 e. The van der Waals surface area contributed by atoms with E-state index < -0.39 is 11.9 Å². The van der Waals surface area contributed by atoms with E-state index in [9.17, 15) is 9.59 Å². The molecule has 0 fully saturated rings. The molecule has 0 N–H and O–H groups in total. The molecule has 1 aromatic carbocycles. The predicted octanol–water partition coefficient (Wildman–Crippen LogP) is 4.12. The quantitative estimate of drug-likeness (QED) is 0.538. The number of hydrogen-bond acceptors (Lipinski definition) is 6. The first kappa shape index (κ1) is 20.4. The summed E-state index contributed by atoms with van der Waals surface area (Å²) in [4.78, 5) is 29.3. The van der Waals surface area contributed by atoms with Crippen LogP contribution in [0.15, 0.2) is 24.3 Å². The number of methoxy groups -OCH3 is 2. The predicted molar refractivity (Wildman–Crippen MR) is 102 cm³/mol. The van der Waals surface area contributed by atoms with E-state index in [2.05, 4.69) is 11.9 Å². The normalized spacial score (nSPS) is 10.4. The van der Waals surface area contributed by atoms with Crippen LogP contribution < -0.4 is 4.74 Å². The molecule has 0 unspecified atom stereocenters. The Hall–Kier alpha value is -2.89. The Balaban J connectivity index is 2.71. The van der Waals surface area contributed by atoms with E-state index >= 15 is 0 Å². The van der Waals surface area contributed by atoms with E-state index in [0.29, 0.717) is 34.9 Å². The lowest BCUT2D eigenvalue weighted by Crippen LogP contribution is -2.16. The maximum Gasteiger partial charge on any atom is 0.340 e. The molecule has 0 aliphatic carbocycles. The molecule has 27 heavy (non-hydrogen) atoms. The van der Waals surface area contributed by atoms with Crippen molar-refractivity contribution >= 4 is 11.9 Å². The molecule has 0 radical (unpaired) electrons. The summed E-state index contributed by atoms with van der Waals surface area (Å²) in [6, 6.07) is 7.29. The molecule has 0 spiro atoms. The molecule has 0 saturated carbocycles. The van der Waals surface area contributed by atoms with Crippen molar-refractivity contribution in [3.05, 3.63) is 46.8 Å². The molecule has 2 aromatic rings. The molecule has 2 rings (SSSR count). The van der Waals surface area contributed by atoms with Gasteiger partial charge in [-0.05, 0) is 38.0 Å². The molecule has 0 aliphatic rings. The minimum atomic E-state index is -0.558. The number of ether oxygens (including phenoxy) is 3. The summed E-state index contributed by atoms with van der Waals surface area (Å²) in [6.07, 6.45) is 1.97. The molecule has 6 heteroatoms. The van der Waals surface area contributed by atoms with Crippen molar-refractivity contribution in [2.45, 2.75) is 33.6 Å². The number of carbonyl (C=O) groups is 2. The first-order chi connectivity index (χ1) is 12.9. The lowest BCUT2D eigenvalue weighted by molar-refractivity contribution is 0.0599. The highest BCUT2D eigenvalue weighted by atomic mass is 16.5. The van der Waals surface area contributed by atoms with Crippen LogP contribution in [-0.2, 0) is 9.47 Å². The van der Waals surface area contributed by atoms with E-state index in [-0.39, 0.29) is 11.1 Å². The number of carbonyl (C=O) groups excluding carboxylic acids is 2. The molecular formula is C21H25NO5. The van der Waals surface area contributed by atoms with Crippen molar-refractivity contribution in [3.63, 3.8) is 0 Å². The number of unbranched alkanes of at least 4 members (excludes halogenated alkanes) is 1. The molecule has 0 saturated heterocycles. The molecule has 1 aromatic heterocycles.